The van der Waals surface area contributed by atoms with Crippen molar-refractivity contribution >= 4 is 17.9 Å². The third kappa shape index (κ3) is 4.17. The maximum Gasteiger partial charge on any atom is 0.325 e. The molecule has 1 rings (SSSR count). The van der Waals surface area contributed by atoms with E-state index in [4.69, 9.17) is 9.84 Å². The topological polar surface area (TPSA) is 99.2 Å². The molecule has 2 N–H and O–H groups in total. The van der Waals surface area contributed by atoms with Gasteiger partial charge >= 0.3 is 12.0 Å². The molecule has 0 unspecified atom stereocenters. The zero-order chi connectivity index (χ0) is 15.3. The standard InChI is InChI=1S/C12H21N3O5/c1-12(2)10(18)15(11(19)13-12)5-4-14(6-7-20-3)8-9(16)17/h4-8H2,1-3H3,(H,13,19)(H,16,17). The Morgan fingerprint density at radius 2 is 2.05 bits per heavy atom. The number of ether oxygens (including phenoxy) is 1. The molecule has 1 saturated heterocycles. The first kappa shape index (κ1) is 16.4. The van der Waals surface area contributed by atoms with E-state index in [-0.39, 0.29) is 19.0 Å². The number of aliphatic carboxylic acids is 1. The van der Waals surface area contributed by atoms with Gasteiger partial charge in [-0.05, 0) is 13.8 Å². The number of imide groups is 1. The summed E-state index contributed by atoms with van der Waals surface area (Å²) in [5.74, 6) is -1.26. The Morgan fingerprint density at radius 3 is 2.50 bits per heavy atom. The summed E-state index contributed by atoms with van der Waals surface area (Å²) in [7, 11) is 1.53. The average Bonchev–Trinajstić information content (AvgIpc) is 2.52. The van der Waals surface area contributed by atoms with Crippen LogP contribution in [0.25, 0.3) is 0 Å². The monoisotopic (exact) mass is 287 g/mol. The molecule has 0 bridgehead atoms. The van der Waals surface area contributed by atoms with Crippen LogP contribution in [0.1, 0.15) is 13.8 Å². The van der Waals surface area contributed by atoms with Crippen LogP contribution in [0.5, 0.6) is 0 Å². The SMILES string of the molecule is COCCN(CCN1C(=O)NC(C)(C)C1=O)CC(=O)O. The lowest BCUT2D eigenvalue weighted by molar-refractivity contribution is -0.138. The van der Waals surface area contributed by atoms with E-state index in [2.05, 4.69) is 5.32 Å². The Labute approximate surface area is 117 Å². The molecular formula is C12H21N3O5. The minimum atomic E-state index is -0.960. The van der Waals surface area contributed by atoms with Crippen molar-refractivity contribution in [2.24, 2.45) is 0 Å². The number of amides is 3. The van der Waals surface area contributed by atoms with Gasteiger partial charge < -0.3 is 15.2 Å². The maximum atomic E-state index is 12.0. The summed E-state index contributed by atoms with van der Waals surface area (Å²) in [6.07, 6.45) is 0. The average molecular weight is 287 g/mol. The largest absolute Gasteiger partial charge is 0.480 e. The Balaban J connectivity index is 2.56. The number of carbonyl (C=O) groups is 3. The van der Waals surface area contributed by atoms with Gasteiger partial charge in [-0.2, -0.15) is 0 Å². The molecule has 0 aromatic heterocycles. The number of hydrogen-bond acceptors (Lipinski definition) is 5. The number of methoxy groups -OCH3 is 1. The second-order valence-electron chi connectivity index (χ2n) is 5.17. The zero-order valence-electron chi connectivity index (χ0n) is 12.0. The number of nitrogens with zero attached hydrogens (tertiary/aromatic N) is 2. The van der Waals surface area contributed by atoms with Gasteiger partial charge in [-0.3, -0.25) is 19.4 Å². The van der Waals surface area contributed by atoms with Crippen LogP contribution in [0.2, 0.25) is 0 Å². The Hall–Kier alpha value is -1.67. The van der Waals surface area contributed by atoms with Crippen LogP contribution in [0.4, 0.5) is 4.79 Å². The van der Waals surface area contributed by atoms with Crippen molar-refractivity contribution in [3.8, 4) is 0 Å². The van der Waals surface area contributed by atoms with Crippen LogP contribution < -0.4 is 5.32 Å². The third-order valence-electron chi connectivity index (χ3n) is 3.05. The molecule has 8 nitrogen and oxygen atoms in total. The zero-order valence-corrected chi connectivity index (χ0v) is 12.0. The second-order valence-corrected chi connectivity index (χ2v) is 5.17. The molecule has 0 aromatic carbocycles. The second kappa shape index (κ2) is 6.67. The molecule has 1 fully saturated rings. The summed E-state index contributed by atoms with van der Waals surface area (Å²) in [6, 6.07) is -0.443. The predicted octanol–water partition coefficient (Wildman–Crippen LogP) is -0.650. The van der Waals surface area contributed by atoms with E-state index < -0.39 is 17.5 Å². The molecule has 0 atom stereocenters. The number of rotatable bonds is 8. The maximum absolute atomic E-state index is 12.0. The van der Waals surface area contributed by atoms with E-state index in [1.54, 1.807) is 18.7 Å². The number of carbonyl (C=O) groups excluding carboxylic acids is 2. The first-order valence-corrected chi connectivity index (χ1v) is 6.35. The highest BCUT2D eigenvalue weighted by Gasteiger charge is 2.43. The van der Waals surface area contributed by atoms with E-state index in [9.17, 15) is 14.4 Å². The molecular weight excluding hydrogens is 266 g/mol. The molecule has 114 valence electrons. The quantitative estimate of drug-likeness (QED) is 0.576. The van der Waals surface area contributed by atoms with Gasteiger partial charge in [-0.25, -0.2) is 4.79 Å². The summed E-state index contributed by atoms with van der Waals surface area (Å²) in [5, 5.41) is 11.4. The van der Waals surface area contributed by atoms with Crippen LogP contribution in [-0.2, 0) is 14.3 Å². The molecule has 20 heavy (non-hydrogen) atoms. The predicted molar refractivity (Wildman–Crippen MR) is 70.3 cm³/mol. The van der Waals surface area contributed by atoms with Gasteiger partial charge in [-0.1, -0.05) is 0 Å². The molecule has 0 aromatic rings. The van der Waals surface area contributed by atoms with Crippen molar-refractivity contribution in [2.75, 3.05) is 39.9 Å². The lowest BCUT2D eigenvalue weighted by atomic mass is 10.1. The highest BCUT2D eigenvalue weighted by atomic mass is 16.5. The van der Waals surface area contributed by atoms with E-state index in [1.807, 2.05) is 0 Å². The van der Waals surface area contributed by atoms with Crippen LogP contribution in [0.15, 0.2) is 0 Å². The van der Waals surface area contributed by atoms with E-state index in [1.165, 1.54) is 7.11 Å². The van der Waals surface area contributed by atoms with Gasteiger partial charge in [0, 0.05) is 26.7 Å². The summed E-state index contributed by atoms with van der Waals surface area (Å²) in [4.78, 5) is 37.1. The fourth-order valence-electron chi connectivity index (χ4n) is 1.94. The molecule has 0 saturated carbocycles. The number of urea groups is 1. The molecule has 0 spiro atoms. The first-order valence-electron chi connectivity index (χ1n) is 6.35. The fraction of sp³-hybridized carbons (Fsp3) is 0.750. The molecule has 1 aliphatic rings. The summed E-state index contributed by atoms with van der Waals surface area (Å²) in [6.45, 7) is 4.38. The highest BCUT2D eigenvalue weighted by molar-refractivity contribution is 6.06. The lowest BCUT2D eigenvalue weighted by Gasteiger charge is -2.22. The van der Waals surface area contributed by atoms with Gasteiger partial charge in [-0.15, -0.1) is 0 Å². The van der Waals surface area contributed by atoms with Crippen molar-refractivity contribution < 1.29 is 24.2 Å². The smallest absolute Gasteiger partial charge is 0.325 e. The van der Waals surface area contributed by atoms with Crippen molar-refractivity contribution in [3.05, 3.63) is 0 Å². The van der Waals surface area contributed by atoms with Crippen molar-refractivity contribution in [3.63, 3.8) is 0 Å². The molecule has 3 amide bonds. The molecule has 0 aliphatic carbocycles. The van der Waals surface area contributed by atoms with Crippen molar-refractivity contribution in [2.45, 2.75) is 19.4 Å². The molecule has 8 heteroatoms. The van der Waals surface area contributed by atoms with Crippen LogP contribution in [0.3, 0.4) is 0 Å². The fourth-order valence-corrected chi connectivity index (χ4v) is 1.94. The molecule has 0 radical (unpaired) electrons. The molecule has 1 heterocycles. The van der Waals surface area contributed by atoms with Gasteiger partial charge in [0.05, 0.1) is 13.2 Å². The van der Waals surface area contributed by atoms with E-state index in [0.717, 1.165) is 4.90 Å². The van der Waals surface area contributed by atoms with Gasteiger partial charge in [0.1, 0.15) is 5.54 Å². The third-order valence-corrected chi connectivity index (χ3v) is 3.05. The minimum absolute atomic E-state index is 0.156. The van der Waals surface area contributed by atoms with Crippen LogP contribution in [-0.4, -0.2) is 78.2 Å². The normalized spacial score (nSPS) is 17.7. The number of carboxylic acids is 1. The number of carboxylic acid groups (broad SMARTS) is 1. The van der Waals surface area contributed by atoms with Crippen LogP contribution in [0, 0.1) is 0 Å². The lowest BCUT2D eigenvalue weighted by Crippen LogP contribution is -2.43. The summed E-state index contributed by atoms with van der Waals surface area (Å²) in [5.41, 5.74) is -0.902. The van der Waals surface area contributed by atoms with E-state index in [0.29, 0.717) is 19.7 Å². The van der Waals surface area contributed by atoms with Gasteiger partial charge in [0.25, 0.3) is 5.91 Å². The highest BCUT2D eigenvalue weighted by Crippen LogP contribution is 2.16. The van der Waals surface area contributed by atoms with Crippen molar-refractivity contribution in [1.29, 1.82) is 0 Å². The van der Waals surface area contributed by atoms with Gasteiger partial charge in [0.15, 0.2) is 0 Å². The van der Waals surface area contributed by atoms with Crippen LogP contribution >= 0.6 is 0 Å². The number of hydrogen-bond donors (Lipinski definition) is 2. The molecule has 1 aliphatic heterocycles. The summed E-state index contributed by atoms with van der Waals surface area (Å²) >= 11 is 0. The Bertz CT molecular complexity index is 397. The van der Waals surface area contributed by atoms with Crippen molar-refractivity contribution in [1.82, 2.24) is 15.1 Å². The first-order chi connectivity index (χ1) is 9.27. The Kier molecular flexibility index (Phi) is 5.46. The summed E-state index contributed by atoms with van der Waals surface area (Å²) < 4.78 is 4.91. The van der Waals surface area contributed by atoms with Gasteiger partial charge in [0.2, 0.25) is 0 Å². The Morgan fingerprint density at radius 1 is 1.40 bits per heavy atom. The van der Waals surface area contributed by atoms with E-state index >= 15 is 0 Å². The minimum Gasteiger partial charge on any atom is -0.480 e. The number of nitrogens with one attached hydrogen (secondary N) is 1.